The van der Waals surface area contributed by atoms with E-state index >= 15 is 0 Å². The number of nitrogens with zero attached hydrogens (tertiary/aromatic N) is 2. The minimum Gasteiger partial charge on any atom is -0.508 e. The summed E-state index contributed by atoms with van der Waals surface area (Å²) < 4.78 is 0. The molecular formula is C13H12N2O2. The van der Waals surface area contributed by atoms with Crippen molar-refractivity contribution in [1.82, 2.24) is 4.98 Å². The Labute approximate surface area is 99.2 Å². The van der Waals surface area contributed by atoms with Crippen LogP contribution in [0.2, 0.25) is 0 Å². The van der Waals surface area contributed by atoms with E-state index in [1.165, 1.54) is 17.0 Å². The Balaban J connectivity index is 2.23. The van der Waals surface area contributed by atoms with Gasteiger partial charge in [-0.3, -0.25) is 9.78 Å². The standard InChI is InChI=1S/C13H12N2O2/c1-15(11-3-2-8-14-9-11)13(17)10-4-6-12(16)7-5-10/h2-9,16H,1H3. The Morgan fingerprint density at radius 2 is 1.94 bits per heavy atom. The van der Waals surface area contributed by atoms with Crippen molar-refractivity contribution in [2.24, 2.45) is 0 Å². The zero-order chi connectivity index (χ0) is 12.3. The van der Waals surface area contributed by atoms with Gasteiger partial charge in [-0.15, -0.1) is 0 Å². The summed E-state index contributed by atoms with van der Waals surface area (Å²) in [7, 11) is 1.69. The predicted octanol–water partition coefficient (Wildman–Crippen LogP) is 2.06. The van der Waals surface area contributed by atoms with Crippen LogP contribution in [0.4, 0.5) is 5.69 Å². The molecule has 0 aliphatic carbocycles. The lowest BCUT2D eigenvalue weighted by molar-refractivity contribution is 0.0993. The molecule has 0 saturated heterocycles. The van der Waals surface area contributed by atoms with Crippen LogP contribution in [0.15, 0.2) is 48.8 Å². The fraction of sp³-hybridized carbons (Fsp3) is 0.0769. The Morgan fingerprint density at radius 3 is 2.53 bits per heavy atom. The minimum atomic E-state index is -0.141. The van der Waals surface area contributed by atoms with E-state index in [1.54, 1.807) is 37.6 Å². The van der Waals surface area contributed by atoms with Crippen LogP contribution in [0, 0.1) is 0 Å². The molecule has 0 bridgehead atoms. The first kappa shape index (κ1) is 11.1. The number of benzene rings is 1. The smallest absolute Gasteiger partial charge is 0.258 e. The first-order valence-electron chi connectivity index (χ1n) is 5.15. The maximum atomic E-state index is 12.1. The molecule has 0 aliphatic heterocycles. The third-order valence-electron chi connectivity index (χ3n) is 2.45. The SMILES string of the molecule is CN(C(=O)c1ccc(O)cc1)c1cccnc1. The third kappa shape index (κ3) is 2.42. The number of hydrogen-bond acceptors (Lipinski definition) is 3. The van der Waals surface area contributed by atoms with Crippen LogP contribution in [0.5, 0.6) is 5.75 Å². The maximum Gasteiger partial charge on any atom is 0.258 e. The van der Waals surface area contributed by atoms with Crippen molar-refractivity contribution in [1.29, 1.82) is 0 Å². The summed E-state index contributed by atoms with van der Waals surface area (Å²) in [6, 6.07) is 9.74. The minimum absolute atomic E-state index is 0.141. The van der Waals surface area contributed by atoms with Gasteiger partial charge in [0.2, 0.25) is 0 Å². The van der Waals surface area contributed by atoms with Crippen LogP contribution < -0.4 is 4.90 Å². The highest BCUT2D eigenvalue weighted by Gasteiger charge is 2.12. The molecular weight excluding hydrogens is 216 g/mol. The van der Waals surface area contributed by atoms with Gasteiger partial charge in [0.1, 0.15) is 5.75 Å². The van der Waals surface area contributed by atoms with Crippen LogP contribution >= 0.6 is 0 Å². The number of aromatic hydroxyl groups is 1. The Morgan fingerprint density at radius 1 is 1.24 bits per heavy atom. The predicted molar refractivity (Wildman–Crippen MR) is 65.1 cm³/mol. The molecule has 86 valence electrons. The Hall–Kier alpha value is -2.36. The monoisotopic (exact) mass is 228 g/mol. The van der Waals surface area contributed by atoms with E-state index in [-0.39, 0.29) is 11.7 Å². The van der Waals surface area contributed by atoms with E-state index in [4.69, 9.17) is 5.11 Å². The van der Waals surface area contributed by atoms with Gasteiger partial charge in [-0.1, -0.05) is 0 Å². The van der Waals surface area contributed by atoms with E-state index in [9.17, 15) is 4.79 Å². The lowest BCUT2D eigenvalue weighted by Crippen LogP contribution is -2.26. The zero-order valence-electron chi connectivity index (χ0n) is 9.37. The fourth-order valence-electron chi connectivity index (χ4n) is 1.47. The number of aromatic nitrogens is 1. The second-order valence-electron chi connectivity index (χ2n) is 3.62. The number of amides is 1. The molecule has 17 heavy (non-hydrogen) atoms. The summed E-state index contributed by atoms with van der Waals surface area (Å²) in [5.74, 6) is 0.00332. The fourth-order valence-corrected chi connectivity index (χ4v) is 1.47. The molecule has 1 N–H and O–H groups in total. The molecule has 1 aromatic heterocycles. The van der Waals surface area contributed by atoms with Gasteiger partial charge < -0.3 is 10.0 Å². The largest absolute Gasteiger partial charge is 0.508 e. The van der Waals surface area contributed by atoms with E-state index < -0.39 is 0 Å². The van der Waals surface area contributed by atoms with Gasteiger partial charge in [0, 0.05) is 18.8 Å². The van der Waals surface area contributed by atoms with E-state index in [2.05, 4.69) is 4.98 Å². The van der Waals surface area contributed by atoms with Gasteiger partial charge in [0.25, 0.3) is 5.91 Å². The molecule has 0 atom stereocenters. The van der Waals surface area contributed by atoms with Gasteiger partial charge in [-0.05, 0) is 36.4 Å². The Bertz CT molecular complexity index is 509. The molecule has 0 saturated carbocycles. The van der Waals surface area contributed by atoms with Crippen LogP contribution in [-0.2, 0) is 0 Å². The lowest BCUT2D eigenvalue weighted by atomic mass is 10.2. The van der Waals surface area contributed by atoms with Crippen molar-refractivity contribution in [3.63, 3.8) is 0 Å². The summed E-state index contributed by atoms with van der Waals surface area (Å²) in [6.45, 7) is 0. The lowest BCUT2D eigenvalue weighted by Gasteiger charge is -2.16. The zero-order valence-corrected chi connectivity index (χ0v) is 9.37. The van der Waals surface area contributed by atoms with E-state index in [1.807, 2.05) is 6.07 Å². The molecule has 2 rings (SSSR count). The average molecular weight is 228 g/mol. The van der Waals surface area contributed by atoms with Gasteiger partial charge in [0.05, 0.1) is 11.9 Å². The van der Waals surface area contributed by atoms with Crippen molar-refractivity contribution in [3.05, 3.63) is 54.4 Å². The highest BCUT2D eigenvalue weighted by atomic mass is 16.3. The molecule has 1 aromatic carbocycles. The molecule has 0 aliphatic rings. The van der Waals surface area contributed by atoms with Crippen molar-refractivity contribution in [2.75, 3.05) is 11.9 Å². The second kappa shape index (κ2) is 4.65. The van der Waals surface area contributed by atoms with Crippen molar-refractivity contribution in [2.45, 2.75) is 0 Å². The van der Waals surface area contributed by atoms with E-state index in [0.29, 0.717) is 5.56 Å². The molecule has 0 radical (unpaired) electrons. The summed E-state index contributed by atoms with van der Waals surface area (Å²) in [5.41, 5.74) is 1.25. The first-order chi connectivity index (χ1) is 8.18. The Kier molecular flexibility index (Phi) is 3.05. The summed E-state index contributed by atoms with van der Waals surface area (Å²) in [6.07, 6.45) is 3.28. The number of carbonyl (C=O) groups excluding carboxylic acids is 1. The maximum absolute atomic E-state index is 12.1. The molecule has 0 fully saturated rings. The van der Waals surface area contributed by atoms with Crippen LogP contribution in [0.1, 0.15) is 10.4 Å². The summed E-state index contributed by atoms with van der Waals surface area (Å²) in [4.78, 5) is 17.5. The summed E-state index contributed by atoms with van der Waals surface area (Å²) in [5, 5.41) is 9.16. The number of anilines is 1. The topological polar surface area (TPSA) is 53.4 Å². The van der Waals surface area contributed by atoms with E-state index in [0.717, 1.165) is 5.69 Å². The molecule has 1 amide bonds. The van der Waals surface area contributed by atoms with Gasteiger partial charge in [-0.2, -0.15) is 0 Å². The van der Waals surface area contributed by atoms with Crippen LogP contribution in [-0.4, -0.2) is 23.0 Å². The number of phenolic OH excluding ortho intramolecular Hbond substituents is 1. The molecule has 4 heteroatoms. The van der Waals surface area contributed by atoms with Crippen molar-refractivity contribution >= 4 is 11.6 Å². The average Bonchev–Trinajstić information content (AvgIpc) is 2.39. The number of phenols is 1. The normalized spacial score (nSPS) is 9.94. The highest BCUT2D eigenvalue weighted by Crippen LogP contribution is 2.15. The quantitative estimate of drug-likeness (QED) is 0.856. The molecule has 0 unspecified atom stereocenters. The molecule has 1 heterocycles. The summed E-state index contributed by atoms with van der Waals surface area (Å²) >= 11 is 0. The molecule has 4 nitrogen and oxygen atoms in total. The van der Waals surface area contributed by atoms with Crippen molar-refractivity contribution < 1.29 is 9.90 Å². The third-order valence-corrected chi connectivity index (χ3v) is 2.45. The molecule has 0 spiro atoms. The first-order valence-corrected chi connectivity index (χ1v) is 5.15. The van der Waals surface area contributed by atoms with Gasteiger partial charge in [0.15, 0.2) is 0 Å². The van der Waals surface area contributed by atoms with Crippen molar-refractivity contribution in [3.8, 4) is 5.75 Å². The van der Waals surface area contributed by atoms with Crippen LogP contribution in [0.25, 0.3) is 0 Å². The molecule has 2 aromatic rings. The number of rotatable bonds is 2. The second-order valence-corrected chi connectivity index (χ2v) is 3.62. The number of carbonyl (C=O) groups is 1. The van der Waals surface area contributed by atoms with Gasteiger partial charge in [-0.25, -0.2) is 0 Å². The number of pyridine rings is 1. The van der Waals surface area contributed by atoms with Crippen LogP contribution in [0.3, 0.4) is 0 Å². The van der Waals surface area contributed by atoms with Gasteiger partial charge >= 0.3 is 0 Å². The number of hydrogen-bond donors (Lipinski definition) is 1. The highest BCUT2D eigenvalue weighted by molar-refractivity contribution is 6.05.